The number of benzene rings is 6. The zero-order chi connectivity index (χ0) is 33.8. The molecule has 6 aromatic carbocycles. The lowest BCUT2D eigenvalue weighted by molar-refractivity contribution is 0.809. The van der Waals surface area contributed by atoms with Crippen LogP contribution < -0.4 is 0 Å². The Bertz CT molecular complexity index is 2770. The van der Waals surface area contributed by atoms with Crippen LogP contribution in [0.15, 0.2) is 140 Å². The number of hydrogen-bond acceptors (Lipinski definition) is 3. The van der Waals surface area contributed by atoms with Crippen LogP contribution in [0.1, 0.15) is 22.4 Å². The van der Waals surface area contributed by atoms with Gasteiger partial charge >= 0.3 is 0 Å². The normalized spacial score (nSPS) is 13.6. The summed E-state index contributed by atoms with van der Waals surface area (Å²) in [4.78, 5) is 0. The number of rotatable bonds is 4. The molecule has 2 aromatic heterocycles. The molecule has 0 radical (unpaired) electrons. The molecule has 0 fully saturated rings. The van der Waals surface area contributed by atoms with Gasteiger partial charge in [-0.2, -0.15) is 15.8 Å². The van der Waals surface area contributed by atoms with Crippen molar-refractivity contribution in [2.24, 2.45) is 5.92 Å². The highest BCUT2D eigenvalue weighted by atomic mass is 15.0. The van der Waals surface area contributed by atoms with Gasteiger partial charge in [0.25, 0.3) is 0 Å². The van der Waals surface area contributed by atoms with Gasteiger partial charge in [-0.3, -0.25) is 0 Å². The molecule has 9 rings (SSSR count). The maximum absolute atomic E-state index is 10.2. The van der Waals surface area contributed by atoms with E-state index in [1.54, 1.807) is 0 Å². The van der Waals surface area contributed by atoms with Crippen molar-refractivity contribution in [2.75, 3.05) is 0 Å². The van der Waals surface area contributed by atoms with Crippen LogP contribution in [0.5, 0.6) is 0 Å². The quantitative estimate of drug-likeness (QED) is 0.193. The van der Waals surface area contributed by atoms with Crippen LogP contribution in [0, 0.1) is 39.9 Å². The number of para-hydroxylation sites is 3. The van der Waals surface area contributed by atoms with Crippen molar-refractivity contribution in [3.05, 3.63) is 162 Å². The van der Waals surface area contributed by atoms with Crippen LogP contribution in [-0.2, 0) is 6.42 Å². The molecule has 0 bridgehead atoms. The topological polar surface area (TPSA) is 81.2 Å². The number of aromatic nitrogens is 2. The number of fused-ring (bicyclic) bond motifs is 6. The Morgan fingerprint density at radius 3 is 1.86 bits per heavy atom. The summed E-state index contributed by atoms with van der Waals surface area (Å²) >= 11 is 0. The Morgan fingerprint density at radius 1 is 0.560 bits per heavy atom. The van der Waals surface area contributed by atoms with Gasteiger partial charge in [0.15, 0.2) is 0 Å². The molecule has 0 spiro atoms. The van der Waals surface area contributed by atoms with Crippen molar-refractivity contribution < 1.29 is 0 Å². The molecule has 0 saturated carbocycles. The lowest BCUT2D eigenvalue weighted by Crippen LogP contribution is -2.07. The minimum absolute atomic E-state index is 0.186. The first kappa shape index (κ1) is 29.0. The summed E-state index contributed by atoms with van der Waals surface area (Å²) in [5, 5.41) is 33.4. The van der Waals surface area contributed by atoms with Crippen LogP contribution in [0.4, 0.5) is 0 Å². The fourth-order valence-corrected chi connectivity index (χ4v) is 7.63. The van der Waals surface area contributed by atoms with Crippen molar-refractivity contribution in [1.82, 2.24) is 9.13 Å². The van der Waals surface area contributed by atoms with Gasteiger partial charge in [0.1, 0.15) is 0 Å². The Hall–Kier alpha value is -7.13. The van der Waals surface area contributed by atoms with Crippen molar-refractivity contribution >= 4 is 38.8 Å². The predicted molar refractivity (Wildman–Crippen MR) is 200 cm³/mol. The van der Waals surface area contributed by atoms with Crippen LogP contribution in [0.2, 0.25) is 0 Å². The smallest absolute Gasteiger partial charge is 0.0998 e. The van der Waals surface area contributed by atoms with E-state index in [1.165, 1.54) is 10.8 Å². The number of nitriles is 3. The third-order valence-electron chi connectivity index (χ3n) is 9.93. The zero-order valence-electron chi connectivity index (χ0n) is 26.9. The summed E-state index contributed by atoms with van der Waals surface area (Å²) in [5.41, 5.74) is 12.2. The maximum atomic E-state index is 10.2. The second kappa shape index (κ2) is 11.5. The van der Waals surface area contributed by atoms with Gasteiger partial charge in [-0.1, -0.05) is 84.9 Å². The first-order chi connectivity index (χ1) is 24.7. The molecule has 0 amide bonds. The van der Waals surface area contributed by atoms with Gasteiger partial charge in [-0.25, -0.2) is 0 Å². The summed E-state index contributed by atoms with van der Waals surface area (Å²) in [6.45, 7) is 0. The minimum Gasteiger partial charge on any atom is -0.309 e. The molecular formula is C45H27N5. The molecule has 1 atom stereocenters. The monoisotopic (exact) mass is 637 g/mol. The Labute approximate surface area is 289 Å². The van der Waals surface area contributed by atoms with Crippen LogP contribution in [0.25, 0.3) is 72.4 Å². The molecule has 8 aromatic rings. The second-order valence-corrected chi connectivity index (χ2v) is 12.6. The largest absolute Gasteiger partial charge is 0.309 e. The first-order valence-electron chi connectivity index (χ1n) is 16.5. The second-order valence-electron chi connectivity index (χ2n) is 12.6. The number of nitrogens with zero attached hydrogens (tertiary/aromatic N) is 5. The van der Waals surface area contributed by atoms with E-state index in [0.717, 1.165) is 66.8 Å². The van der Waals surface area contributed by atoms with Gasteiger partial charge < -0.3 is 9.13 Å². The molecule has 1 aliphatic rings. The lowest BCUT2D eigenvalue weighted by atomic mass is 9.92. The molecular weight excluding hydrogens is 611 g/mol. The van der Waals surface area contributed by atoms with Crippen molar-refractivity contribution in [2.45, 2.75) is 6.42 Å². The zero-order valence-corrected chi connectivity index (χ0v) is 26.9. The molecule has 0 unspecified atom stereocenters. The first-order valence-corrected chi connectivity index (χ1v) is 16.5. The molecule has 0 saturated heterocycles. The van der Waals surface area contributed by atoms with E-state index in [0.29, 0.717) is 17.5 Å². The van der Waals surface area contributed by atoms with E-state index in [9.17, 15) is 15.8 Å². The molecule has 50 heavy (non-hydrogen) atoms. The summed E-state index contributed by atoms with van der Waals surface area (Å²) in [7, 11) is 0. The van der Waals surface area contributed by atoms with E-state index >= 15 is 0 Å². The molecule has 2 heterocycles. The van der Waals surface area contributed by atoms with Gasteiger partial charge in [-0.05, 0) is 83.8 Å². The third kappa shape index (κ3) is 4.45. The number of hydrogen-bond donors (Lipinski definition) is 0. The predicted octanol–water partition coefficient (Wildman–Crippen LogP) is 10.5. The lowest BCUT2D eigenvalue weighted by Gasteiger charge is -2.18. The van der Waals surface area contributed by atoms with Gasteiger partial charge in [0, 0.05) is 38.7 Å². The molecule has 5 nitrogen and oxygen atoms in total. The summed E-state index contributed by atoms with van der Waals surface area (Å²) < 4.78 is 4.50. The molecule has 232 valence electrons. The van der Waals surface area contributed by atoms with Gasteiger partial charge in [-0.15, -0.1) is 0 Å². The van der Waals surface area contributed by atoms with E-state index in [2.05, 4.69) is 118 Å². The minimum atomic E-state index is -0.186. The van der Waals surface area contributed by atoms with Crippen LogP contribution in [0.3, 0.4) is 0 Å². The van der Waals surface area contributed by atoms with Crippen molar-refractivity contribution in [1.29, 1.82) is 15.8 Å². The molecule has 1 aliphatic carbocycles. The molecule has 5 heteroatoms. The van der Waals surface area contributed by atoms with E-state index in [1.807, 2.05) is 54.6 Å². The van der Waals surface area contributed by atoms with Crippen molar-refractivity contribution in [3.63, 3.8) is 0 Å². The SMILES string of the molecule is N#Cc1ccc(-c2ccc(C#N)c(-c3ccc(-n4c5ccccc5c5ccccc54)cc3)c2)c(-n2c3c(c4ccccc42)C[C@H](C#N)C=C3)c1. The standard InChI is InChI=1S/C45H27N5/c46-26-29-14-22-44-40(23-29)38-9-3-6-12-43(38)50(44)45-24-30(27-47)13-21-35(45)32-15-16-33(28-48)39(25-32)31-17-19-34(20-18-31)49-41-10-4-1-7-36(41)37-8-2-5-11-42(37)49/h1-22,24-25,29H,23H2/t29-/m1/s1. The van der Waals surface area contributed by atoms with E-state index < -0.39 is 0 Å². The fraction of sp³-hybridized carbons (Fsp3) is 0.0444. The van der Waals surface area contributed by atoms with E-state index in [-0.39, 0.29) is 5.92 Å². The summed E-state index contributed by atoms with van der Waals surface area (Å²) in [6.07, 6.45) is 4.64. The number of allylic oxidation sites excluding steroid dienone is 1. The highest BCUT2D eigenvalue weighted by Crippen LogP contribution is 2.40. The fourth-order valence-electron chi connectivity index (χ4n) is 7.63. The van der Waals surface area contributed by atoms with Gasteiger partial charge in [0.05, 0.1) is 57.5 Å². The Balaban J connectivity index is 1.20. The van der Waals surface area contributed by atoms with E-state index in [4.69, 9.17) is 0 Å². The molecule has 0 aliphatic heterocycles. The molecule has 0 N–H and O–H groups in total. The average molecular weight is 638 g/mol. The van der Waals surface area contributed by atoms with Crippen LogP contribution >= 0.6 is 0 Å². The van der Waals surface area contributed by atoms with Gasteiger partial charge in [0.2, 0.25) is 0 Å². The van der Waals surface area contributed by atoms with Crippen LogP contribution in [-0.4, -0.2) is 9.13 Å². The summed E-state index contributed by atoms with van der Waals surface area (Å²) in [6, 6.07) is 52.4. The average Bonchev–Trinajstić information content (AvgIpc) is 3.70. The maximum Gasteiger partial charge on any atom is 0.0998 e. The van der Waals surface area contributed by atoms with Crippen molar-refractivity contribution in [3.8, 4) is 51.8 Å². The highest BCUT2D eigenvalue weighted by molar-refractivity contribution is 6.09. The summed E-state index contributed by atoms with van der Waals surface area (Å²) in [5.74, 6) is -0.186. The third-order valence-corrected chi connectivity index (χ3v) is 9.93. The Morgan fingerprint density at radius 2 is 1.20 bits per heavy atom. The highest BCUT2D eigenvalue weighted by Gasteiger charge is 2.24. The Kier molecular flexibility index (Phi) is 6.70.